The molecule has 2 amide bonds. The lowest BCUT2D eigenvalue weighted by atomic mass is 10.1. The summed E-state index contributed by atoms with van der Waals surface area (Å²) in [6, 6.07) is 18.5. The molecule has 5 rings (SSSR count). The van der Waals surface area contributed by atoms with E-state index in [-0.39, 0.29) is 11.8 Å². The molecule has 0 radical (unpaired) electrons. The highest BCUT2D eigenvalue weighted by atomic mass is 16.5. The van der Waals surface area contributed by atoms with Crippen molar-refractivity contribution in [3.8, 4) is 22.9 Å². The third-order valence-corrected chi connectivity index (χ3v) is 5.99. The molecule has 1 aliphatic rings. The molecule has 0 spiro atoms. The maximum absolute atomic E-state index is 12.4. The monoisotopic (exact) mass is 497 g/mol. The molecule has 1 saturated carbocycles. The molecule has 0 atom stereocenters. The number of rotatable bonds is 8. The molecule has 0 aliphatic heterocycles. The van der Waals surface area contributed by atoms with Gasteiger partial charge in [0.05, 0.1) is 19.7 Å². The molecule has 0 bridgehead atoms. The fourth-order valence-electron chi connectivity index (χ4n) is 3.92. The summed E-state index contributed by atoms with van der Waals surface area (Å²) in [5.41, 5.74) is 3.50. The Kier molecular flexibility index (Phi) is 6.59. The average Bonchev–Trinajstić information content (AvgIpc) is 3.72. The first-order chi connectivity index (χ1) is 17.9. The number of nitrogens with zero attached hydrogens (tertiary/aromatic N) is 2. The summed E-state index contributed by atoms with van der Waals surface area (Å²) in [6.45, 7) is 1.47. The minimum atomic E-state index is -0.135. The molecule has 1 heterocycles. The number of amides is 2. The molecule has 1 aromatic heterocycles. The molecule has 1 aliphatic carbocycles. The van der Waals surface area contributed by atoms with E-state index in [4.69, 9.17) is 19.4 Å². The van der Waals surface area contributed by atoms with Crippen LogP contribution in [0.5, 0.6) is 11.5 Å². The number of fused-ring (bicyclic) bond motifs is 1. The van der Waals surface area contributed by atoms with E-state index >= 15 is 0 Å². The van der Waals surface area contributed by atoms with Gasteiger partial charge in [-0.15, -0.1) is 0 Å². The Bertz CT molecular complexity index is 1470. The lowest BCUT2D eigenvalue weighted by Gasteiger charge is -2.14. The van der Waals surface area contributed by atoms with Crippen molar-refractivity contribution in [2.24, 2.45) is 0 Å². The summed E-state index contributed by atoms with van der Waals surface area (Å²) in [4.78, 5) is 33.3. The summed E-state index contributed by atoms with van der Waals surface area (Å²) in [5.74, 6) is 1.97. The van der Waals surface area contributed by atoms with E-state index in [1.807, 2.05) is 48.5 Å². The van der Waals surface area contributed by atoms with E-state index in [1.165, 1.54) is 6.92 Å². The van der Waals surface area contributed by atoms with Gasteiger partial charge in [0, 0.05) is 46.9 Å². The van der Waals surface area contributed by atoms with Crippen molar-refractivity contribution in [1.29, 1.82) is 0 Å². The number of hydrogen-bond acceptors (Lipinski definition) is 7. The van der Waals surface area contributed by atoms with Gasteiger partial charge in [-0.1, -0.05) is 12.1 Å². The van der Waals surface area contributed by atoms with Crippen LogP contribution >= 0.6 is 0 Å². The van der Waals surface area contributed by atoms with Crippen LogP contribution in [0.4, 0.5) is 17.2 Å². The topological polar surface area (TPSA) is 114 Å². The zero-order valence-electron chi connectivity index (χ0n) is 20.8. The normalized spacial score (nSPS) is 12.6. The zero-order chi connectivity index (χ0) is 25.9. The fraction of sp³-hybridized carbons (Fsp3) is 0.214. The predicted octanol–water partition coefficient (Wildman–Crippen LogP) is 4.91. The van der Waals surface area contributed by atoms with Gasteiger partial charge in [0.2, 0.25) is 5.91 Å². The van der Waals surface area contributed by atoms with Crippen LogP contribution < -0.4 is 25.4 Å². The quantitative estimate of drug-likeness (QED) is 0.317. The van der Waals surface area contributed by atoms with Crippen molar-refractivity contribution >= 4 is 39.9 Å². The van der Waals surface area contributed by atoms with Crippen LogP contribution in [0.2, 0.25) is 0 Å². The van der Waals surface area contributed by atoms with Crippen LogP contribution in [-0.2, 0) is 4.79 Å². The Morgan fingerprint density at radius 2 is 1.51 bits per heavy atom. The van der Waals surface area contributed by atoms with Crippen molar-refractivity contribution in [2.75, 3.05) is 24.9 Å². The van der Waals surface area contributed by atoms with Crippen molar-refractivity contribution in [3.05, 3.63) is 66.2 Å². The SMILES string of the molecule is COc1cc2nc(-c3ccc(C(=O)NC4CC4)cc3)nc(Nc3ccc(NC(C)=O)cc3)c2cc1OC. The van der Waals surface area contributed by atoms with E-state index in [9.17, 15) is 9.59 Å². The molecular weight excluding hydrogens is 470 g/mol. The lowest BCUT2D eigenvalue weighted by Crippen LogP contribution is -2.25. The zero-order valence-corrected chi connectivity index (χ0v) is 20.8. The summed E-state index contributed by atoms with van der Waals surface area (Å²) in [5, 5.41) is 9.86. The number of ether oxygens (including phenoxy) is 2. The molecule has 1 fully saturated rings. The standard InChI is InChI=1S/C28H27N5O4/c1-16(34)29-19-8-10-20(11-9-19)30-27-22-14-24(36-2)25(37-3)15-23(22)32-26(33-27)17-4-6-18(7-5-17)28(35)31-21-12-13-21/h4-11,14-15,21H,12-13H2,1-3H3,(H,29,34)(H,31,35)(H,30,32,33). The number of anilines is 3. The molecule has 4 aromatic rings. The first-order valence-electron chi connectivity index (χ1n) is 11.9. The van der Waals surface area contributed by atoms with Gasteiger partial charge in [0.15, 0.2) is 17.3 Å². The molecule has 188 valence electrons. The first kappa shape index (κ1) is 24.1. The van der Waals surface area contributed by atoms with Gasteiger partial charge < -0.3 is 25.4 Å². The fourth-order valence-corrected chi connectivity index (χ4v) is 3.92. The van der Waals surface area contributed by atoms with Crippen LogP contribution in [0.3, 0.4) is 0 Å². The van der Waals surface area contributed by atoms with E-state index in [0.29, 0.717) is 46.0 Å². The Morgan fingerprint density at radius 1 is 0.865 bits per heavy atom. The predicted molar refractivity (Wildman–Crippen MR) is 143 cm³/mol. The van der Waals surface area contributed by atoms with E-state index < -0.39 is 0 Å². The molecule has 0 saturated heterocycles. The molecule has 3 aromatic carbocycles. The summed E-state index contributed by atoms with van der Waals surface area (Å²) >= 11 is 0. The maximum Gasteiger partial charge on any atom is 0.251 e. The summed E-state index contributed by atoms with van der Waals surface area (Å²) in [6.07, 6.45) is 2.07. The smallest absolute Gasteiger partial charge is 0.251 e. The Labute approximate surface area is 214 Å². The van der Waals surface area contributed by atoms with E-state index in [0.717, 1.165) is 29.5 Å². The molecule has 37 heavy (non-hydrogen) atoms. The van der Waals surface area contributed by atoms with Crippen LogP contribution in [0.15, 0.2) is 60.7 Å². The van der Waals surface area contributed by atoms with Crippen molar-refractivity contribution in [3.63, 3.8) is 0 Å². The van der Waals surface area contributed by atoms with Crippen LogP contribution in [-0.4, -0.2) is 42.0 Å². The molecular formula is C28H27N5O4. The van der Waals surface area contributed by atoms with Crippen LogP contribution in [0.25, 0.3) is 22.3 Å². The maximum atomic E-state index is 12.4. The van der Waals surface area contributed by atoms with Gasteiger partial charge in [-0.05, 0) is 55.3 Å². The number of methoxy groups -OCH3 is 2. The number of carbonyl (C=O) groups is 2. The van der Waals surface area contributed by atoms with E-state index in [2.05, 4.69) is 16.0 Å². The minimum Gasteiger partial charge on any atom is -0.493 e. The highest BCUT2D eigenvalue weighted by Crippen LogP contribution is 2.36. The Morgan fingerprint density at radius 3 is 2.14 bits per heavy atom. The molecule has 3 N–H and O–H groups in total. The van der Waals surface area contributed by atoms with Crippen LogP contribution in [0, 0.1) is 0 Å². The van der Waals surface area contributed by atoms with Gasteiger partial charge in [-0.2, -0.15) is 0 Å². The van der Waals surface area contributed by atoms with Gasteiger partial charge in [0.25, 0.3) is 5.91 Å². The number of benzene rings is 3. The summed E-state index contributed by atoms with van der Waals surface area (Å²) < 4.78 is 11.0. The van der Waals surface area contributed by atoms with Gasteiger partial charge in [-0.25, -0.2) is 9.97 Å². The number of carbonyl (C=O) groups excluding carboxylic acids is 2. The summed E-state index contributed by atoms with van der Waals surface area (Å²) in [7, 11) is 3.15. The second-order valence-electron chi connectivity index (χ2n) is 8.83. The average molecular weight is 498 g/mol. The minimum absolute atomic E-state index is 0.0737. The molecule has 0 unspecified atom stereocenters. The van der Waals surface area contributed by atoms with Crippen molar-refractivity contribution in [1.82, 2.24) is 15.3 Å². The Hall–Kier alpha value is -4.66. The highest BCUT2D eigenvalue weighted by Gasteiger charge is 2.23. The van der Waals surface area contributed by atoms with Gasteiger partial charge in [0.1, 0.15) is 5.82 Å². The highest BCUT2D eigenvalue weighted by molar-refractivity contribution is 5.96. The second-order valence-corrected chi connectivity index (χ2v) is 8.83. The third-order valence-electron chi connectivity index (χ3n) is 5.99. The number of nitrogens with one attached hydrogen (secondary N) is 3. The van der Waals surface area contributed by atoms with Crippen LogP contribution in [0.1, 0.15) is 30.1 Å². The van der Waals surface area contributed by atoms with E-state index in [1.54, 1.807) is 26.4 Å². The largest absolute Gasteiger partial charge is 0.493 e. The van der Waals surface area contributed by atoms with Crippen molar-refractivity contribution in [2.45, 2.75) is 25.8 Å². The molecule has 9 heteroatoms. The third kappa shape index (κ3) is 5.45. The van der Waals surface area contributed by atoms with Gasteiger partial charge >= 0.3 is 0 Å². The van der Waals surface area contributed by atoms with Crippen molar-refractivity contribution < 1.29 is 19.1 Å². The first-order valence-corrected chi connectivity index (χ1v) is 11.9. The number of aromatic nitrogens is 2. The number of hydrogen-bond donors (Lipinski definition) is 3. The van der Waals surface area contributed by atoms with Gasteiger partial charge in [-0.3, -0.25) is 9.59 Å². The second kappa shape index (κ2) is 10.1. The Balaban J connectivity index is 1.53. The lowest BCUT2D eigenvalue weighted by molar-refractivity contribution is -0.114. The molecule has 9 nitrogen and oxygen atoms in total.